The Morgan fingerprint density at radius 3 is 2.24 bits per heavy atom. The molecule has 0 radical (unpaired) electrons. The second kappa shape index (κ2) is 6.61. The highest BCUT2D eigenvalue weighted by Gasteiger charge is 2.53. The molecule has 4 nitrogen and oxygen atoms in total. The SMILES string of the molecule is Clc1cccc(Cl)c1OCc1cccn2c(C34CC5CC(CC(C5)C3)C4)nnc12. The number of nitrogens with zero attached hydrogens (tertiary/aromatic N) is 3. The van der Waals surface area contributed by atoms with Crippen molar-refractivity contribution in [3.05, 3.63) is 58.0 Å². The summed E-state index contributed by atoms with van der Waals surface area (Å²) in [4.78, 5) is 0. The van der Waals surface area contributed by atoms with Crippen LogP contribution in [0.5, 0.6) is 5.75 Å². The molecule has 0 N–H and O–H groups in total. The molecule has 6 heteroatoms. The third-order valence-electron chi connectivity index (χ3n) is 7.32. The lowest BCUT2D eigenvalue weighted by molar-refractivity contribution is -0.00984. The number of hydrogen-bond donors (Lipinski definition) is 0. The van der Waals surface area contributed by atoms with Crippen molar-refractivity contribution in [2.45, 2.75) is 50.5 Å². The van der Waals surface area contributed by atoms with Crippen LogP contribution >= 0.6 is 23.2 Å². The van der Waals surface area contributed by atoms with E-state index in [1.54, 1.807) is 12.1 Å². The lowest BCUT2D eigenvalue weighted by Crippen LogP contribution is -2.49. The maximum atomic E-state index is 6.25. The first-order chi connectivity index (χ1) is 14.1. The zero-order chi connectivity index (χ0) is 19.6. The summed E-state index contributed by atoms with van der Waals surface area (Å²) < 4.78 is 8.18. The van der Waals surface area contributed by atoms with Crippen LogP contribution in [0.3, 0.4) is 0 Å². The van der Waals surface area contributed by atoms with Gasteiger partial charge in [-0.1, -0.05) is 35.3 Å². The minimum atomic E-state index is 0.208. The molecule has 4 aliphatic carbocycles. The van der Waals surface area contributed by atoms with Crippen molar-refractivity contribution < 1.29 is 4.74 Å². The highest BCUT2D eigenvalue weighted by atomic mass is 35.5. The van der Waals surface area contributed by atoms with Gasteiger partial charge in [-0.05, 0) is 74.5 Å². The molecule has 0 saturated heterocycles. The summed E-state index contributed by atoms with van der Waals surface area (Å²) in [6.07, 6.45) is 10.2. The monoisotopic (exact) mass is 427 g/mol. The summed E-state index contributed by atoms with van der Waals surface area (Å²) in [5.74, 6) is 4.30. The molecule has 4 aliphatic rings. The minimum absolute atomic E-state index is 0.208. The van der Waals surface area contributed by atoms with Gasteiger partial charge < -0.3 is 4.74 Å². The average molecular weight is 428 g/mol. The highest BCUT2D eigenvalue weighted by molar-refractivity contribution is 6.37. The lowest BCUT2D eigenvalue weighted by Gasteiger charge is -2.55. The molecule has 3 aromatic rings. The summed E-state index contributed by atoms with van der Waals surface area (Å²) in [5.41, 5.74) is 2.08. The Hall–Kier alpha value is -1.78. The van der Waals surface area contributed by atoms with Crippen molar-refractivity contribution in [1.29, 1.82) is 0 Å². The number of rotatable bonds is 4. The first kappa shape index (κ1) is 18.0. The molecule has 2 heterocycles. The van der Waals surface area contributed by atoms with Crippen LogP contribution in [0.15, 0.2) is 36.5 Å². The van der Waals surface area contributed by atoms with E-state index in [0.29, 0.717) is 22.4 Å². The van der Waals surface area contributed by atoms with Crippen LogP contribution in [0.1, 0.15) is 49.9 Å². The number of ether oxygens (including phenoxy) is 1. The molecule has 4 bridgehead atoms. The van der Waals surface area contributed by atoms with E-state index in [4.69, 9.17) is 33.0 Å². The van der Waals surface area contributed by atoms with E-state index in [1.807, 2.05) is 12.1 Å². The molecule has 4 saturated carbocycles. The standard InChI is InChI=1S/C23H23Cl2N3O/c24-18-4-1-5-19(25)20(18)29-13-17-3-2-6-28-21(17)26-27-22(28)23-10-14-7-15(11-23)9-16(8-14)12-23/h1-6,14-16H,7-13H2. The van der Waals surface area contributed by atoms with Crippen molar-refractivity contribution in [1.82, 2.24) is 14.6 Å². The van der Waals surface area contributed by atoms with Gasteiger partial charge in [-0.3, -0.25) is 4.40 Å². The molecular weight excluding hydrogens is 405 g/mol. The quantitative estimate of drug-likeness (QED) is 0.505. The van der Waals surface area contributed by atoms with Gasteiger partial charge >= 0.3 is 0 Å². The van der Waals surface area contributed by atoms with Crippen molar-refractivity contribution in [2.75, 3.05) is 0 Å². The summed E-state index contributed by atoms with van der Waals surface area (Å²) in [6, 6.07) is 9.48. The molecule has 0 amide bonds. The third-order valence-corrected chi connectivity index (χ3v) is 7.91. The van der Waals surface area contributed by atoms with Gasteiger partial charge in [0.2, 0.25) is 0 Å². The van der Waals surface area contributed by atoms with Gasteiger partial charge in [0.25, 0.3) is 0 Å². The predicted molar refractivity (Wildman–Crippen MR) is 114 cm³/mol. The van der Waals surface area contributed by atoms with E-state index in [-0.39, 0.29) is 5.41 Å². The van der Waals surface area contributed by atoms with Crippen molar-refractivity contribution in [3.8, 4) is 5.75 Å². The molecule has 0 aliphatic heterocycles. The Labute approximate surface area is 180 Å². The first-order valence-corrected chi connectivity index (χ1v) is 11.3. The Balaban J connectivity index is 1.35. The second-order valence-electron chi connectivity index (χ2n) is 9.29. The third kappa shape index (κ3) is 2.87. The Kier molecular flexibility index (Phi) is 4.11. The predicted octanol–water partition coefficient (Wildman–Crippen LogP) is 6.08. The van der Waals surface area contributed by atoms with Crippen LogP contribution < -0.4 is 4.74 Å². The topological polar surface area (TPSA) is 39.4 Å². The molecule has 0 spiro atoms. The molecular formula is C23H23Cl2N3O. The van der Waals surface area contributed by atoms with E-state index in [9.17, 15) is 0 Å². The number of hydrogen-bond acceptors (Lipinski definition) is 3. The van der Waals surface area contributed by atoms with Gasteiger partial charge in [0.15, 0.2) is 11.4 Å². The number of halogens is 2. The van der Waals surface area contributed by atoms with Gasteiger partial charge in [-0.2, -0.15) is 0 Å². The number of para-hydroxylation sites is 1. The number of benzene rings is 1. The summed E-state index contributed by atoms with van der Waals surface area (Å²) in [7, 11) is 0. The van der Waals surface area contributed by atoms with Crippen molar-refractivity contribution in [3.63, 3.8) is 0 Å². The first-order valence-electron chi connectivity index (χ1n) is 10.5. The fourth-order valence-corrected chi connectivity index (χ4v) is 7.11. The Morgan fingerprint density at radius 2 is 1.59 bits per heavy atom. The van der Waals surface area contributed by atoms with Gasteiger partial charge in [0.1, 0.15) is 12.4 Å². The molecule has 0 atom stereocenters. The molecule has 4 fully saturated rings. The van der Waals surface area contributed by atoms with E-state index in [2.05, 4.69) is 21.8 Å². The summed E-state index contributed by atoms with van der Waals surface area (Å²) >= 11 is 12.5. The second-order valence-corrected chi connectivity index (χ2v) is 10.1. The molecule has 1 aromatic carbocycles. The zero-order valence-corrected chi connectivity index (χ0v) is 17.7. The summed E-state index contributed by atoms with van der Waals surface area (Å²) in [6.45, 7) is 0.354. The van der Waals surface area contributed by atoms with E-state index < -0.39 is 0 Å². The normalized spacial score (nSPS) is 30.2. The maximum Gasteiger partial charge on any atom is 0.167 e. The van der Waals surface area contributed by atoms with Crippen LogP contribution in [0, 0.1) is 17.8 Å². The van der Waals surface area contributed by atoms with Gasteiger partial charge in [-0.15, -0.1) is 10.2 Å². The molecule has 29 heavy (non-hydrogen) atoms. The number of aromatic nitrogens is 3. The fourth-order valence-electron chi connectivity index (χ4n) is 6.60. The minimum Gasteiger partial charge on any atom is -0.486 e. The Morgan fingerprint density at radius 1 is 0.931 bits per heavy atom. The molecule has 7 rings (SSSR count). The van der Waals surface area contributed by atoms with Crippen LogP contribution in [0.25, 0.3) is 5.65 Å². The number of pyridine rings is 1. The highest BCUT2D eigenvalue weighted by Crippen LogP contribution is 2.60. The van der Waals surface area contributed by atoms with Gasteiger partial charge in [0.05, 0.1) is 10.0 Å². The lowest BCUT2D eigenvalue weighted by atomic mass is 9.49. The smallest absolute Gasteiger partial charge is 0.167 e. The maximum absolute atomic E-state index is 6.25. The Bertz CT molecular complexity index is 1040. The van der Waals surface area contributed by atoms with Crippen LogP contribution in [-0.4, -0.2) is 14.6 Å². The fraction of sp³-hybridized carbons (Fsp3) is 0.478. The summed E-state index contributed by atoms with van der Waals surface area (Å²) in [5, 5.41) is 10.4. The van der Waals surface area contributed by atoms with E-state index in [1.165, 1.54) is 38.5 Å². The molecule has 150 valence electrons. The number of fused-ring (bicyclic) bond motifs is 1. The largest absolute Gasteiger partial charge is 0.486 e. The van der Waals surface area contributed by atoms with Gasteiger partial charge in [-0.25, -0.2) is 0 Å². The van der Waals surface area contributed by atoms with E-state index in [0.717, 1.165) is 34.8 Å². The van der Waals surface area contributed by atoms with Crippen LogP contribution in [0.4, 0.5) is 0 Å². The van der Waals surface area contributed by atoms with E-state index >= 15 is 0 Å². The molecule has 0 unspecified atom stereocenters. The van der Waals surface area contributed by atoms with Gasteiger partial charge in [0, 0.05) is 17.2 Å². The van der Waals surface area contributed by atoms with Crippen LogP contribution in [-0.2, 0) is 12.0 Å². The average Bonchev–Trinajstić information content (AvgIpc) is 3.12. The van der Waals surface area contributed by atoms with Crippen molar-refractivity contribution >= 4 is 28.8 Å². The van der Waals surface area contributed by atoms with Crippen molar-refractivity contribution in [2.24, 2.45) is 17.8 Å². The zero-order valence-electron chi connectivity index (χ0n) is 16.2. The molecule has 2 aromatic heterocycles. The van der Waals surface area contributed by atoms with Crippen LogP contribution in [0.2, 0.25) is 10.0 Å².